The van der Waals surface area contributed by atoms with Crippen LogP contribution >= 0.6 is 11.3 Å². The minimum Gasteiger partial charge on any atom is -0.443 e. The van der Waals surface area contributed by atoms with Crippen molar-refractivity contribution in [1.29, 1.82) is 0 Å². The van der Waals surface area contributed by atoms with Crippen LogP contribution in [0, 0.1) is 5.92 Å². The smallest absolute Gasteiger partial charge is 0.435 e. The lowest BCUT2D eigenvalue weighted by molar-refractivity contribution is -0.169. The van der Waals surface area contributed by atoms with Gasteiger partial charge in [-0.15, -0.1) is 11.3 Å². The van der Waals surface area contributed by atoms with Gasteiger partial charge in [0.05, 0.1) is 18.5 Å². The predicted molar refractivity (Wildman–Crippen MR) is 109 cm³/mol. The molecule has 2 heterocycles. The number of ether oxygens (including phenoxy) is 1. The number of rotatable bonds is 6. The van der Waals surface area contributed by atoms with E-state index in [1.807, 2.05) is 30.3 Å². The average Bonchev–Trinajstić information content (AvgIpc) is 3.41. The Hall–Kier alpha value is -2.92. The number of thiophene rings is 1. The van der Waals surface area contributed by atoms with Crippen molar-refractivity contribution in [1.82, 2.24) is 10.6 Å². The van der Waals surface area contributed by atoms with Gasteiger partial charge in [0.15, 0.2) is 0 Å². The van der Waals surface area contributed by atoms with E-state index in [2.05, 4.69) is 15.6 Å². The lowest BCUT2D eigenvalue weighted by Crippen LogP contribution is -2.39. The second kappa shape index (κ2) is 9.92. The van der Waals surface area contributed by atoms with Crippen LogP contribution in [0.4, 0.5) is 18.0 Å². The number of amides is 2. The van der Waals surface area contributed by atoms with E-state index in [1.165, 1.54) is 11.3 Å². The van der Waals surface area contributed by atoms with E-state index in [0.717, 1.165) is 5.56 Å². The molecule has 166 valence electrons. The molecule has 0 saturated carbocycles. The van der Waals surface area contributed by atoms with Crippen LogP contribution in [0.15, 0.2) is 46.8 Å². The molecule has 0 bridgehead atoms. The maximum atomic E-state index is 12.7. The molecule has 2 aromatic rings. The maximum Gasteiger partial charge on any atom is 0.435 e. The van der Waals surface area contributed by atoms with Crippen LogP contribution in [-0.2, 0) is 22.7 Å². The second-order valence-electron chi connectivity index (χ2n) is 6.99. The van der Waals surface area contributed by atoms with Crippen LogP contribution in [-0.4, -0.2) is 36.6 Å². The van der Waals surface area contributed by atoms with E-state index in [1.54, 1.807) is 11.4 Å². The molecule has 1 aromatic heterocycles. The number of aliphatic imine (C=N–C) groups is 1. The Morgan fingerprint density at radius 3 is 2.71 bits per heavy atom. The first kappa shape index (κ1) is 22.8. The average molecular weight is 454 g/mol. The topological polar surface area (TPSA) is 106 Å². The van der Waals surface area contributed by atoms with Crippen molar-refractivity contribution in [3.63, 3.8) is 0 Å². The van der Waals surface area contributed by atoms with E-state index in [9.17, 15) is 22.8 Å². The van der Waals surface area contributed by atoms with Crippen LogP contribution < -0.4 is 16.4 Å². The van der Waals surface area contributed by atoms with Gasteiger partial charge in [0.1, 0.15) is 12.4 Å². The van der Waals surface area contributed by atoms with Crippen molar-refractivity contribution in [3.05, 3.63) is 57.8 Å². The molecule has 0 spiro atoms. The number of alkyl halides is 3. The summed E-state index contributed by atoms with van der Waals surface area (Å²) >= 11 is 1.28. The van der Waals surface area contributed by atoms with Crippen LogP contribution in [0.25, 0.3) is 0 Å². The highest BCUT2D eigenvalue weighted by molar-refractivity contribution is 7.10. The summed E-state index contributed by atoms with van der Waals surface area (Å²) in [6.45, 7) is -0.0655. The molecule has 11 heteroatoms. The third kappa shape index (κ3) is 6.53. The third-order valence-electron chi connectivity index (χ3n) is 4.71. The normalized spacial score (nSPS) is 19.3. The fourth-order valence-electron chi connectivity index (χ4n) is 3.00. The zero-order valence-corrected chi connectivity index (χ0v) is 17.1. The van der Waals surface area contributed by atoms with Gasteiger partial charge in [-0.05, 0) is 18.1 Å². The Labute approximate surface area is 180 Å². The molecule has 7 nitrogen and oxygen atoms in total. The highest BCUT2D eigenvalue weighted by Gasteiger charge is 2.45. The first-order chi connectivity index (χ1) is 14.7. The number of nitrogens with two attached hydrogens (primary N) is 1. The standard InChI is InChI=1S/C20H21F3N4O3S/c21-20(22,23)14-7-16(25-8-14)18(28)26-9-15-6-13(11-31-15)17(24)27-19(29)30-10-12-4-2-1-3-5-12/h1-6,11,14,16,25H,7-10H2,(H,26,28)(H2,24,27,29)/t14-,16+/m1/s1. The van der Waals surface area contributed by atoms with Gasteiger partial charge in [0.2, 0.25) is 5.91 Å². The van der Waals surface area contributed by atoms with Gasteiger partial charge in [-0.2, -0.15) is 18.2 Å². The molecule has 1 aliphatic rings. The number of amidine groups is 1. The van der Waals surface area contributed by atoms with Crippen LogP contribution in [0.1, 0.15) is 22.4 Å². The second-order valence-corrected chi connectivity index (χ2v) is 7.99. The van der Waals surface area contributed by atoms with Crippen molar-refractivity contribution in [2.24, 2.45) is 16.6 Å². The SMILES string of the molecule is NC(=NC(=O)OCc1ccccc1)c1csc(CNC(=O)[C@@H]2C[C@@H](C(F)(F)F)CN2)c1. The number of nitrogens with zero attached hydrogens (tertiary/aromatic N) is 1. The number of benzene rings is 1. The van der Waals surface area contributed by atoms with E-state index in [-0.39, 0.29) is 32.0 Å². The molecular weight excluding hydrogens is 433 g/mol. The molecular formula is C20H21F3N4O3S. The highest BCUT2D eigenvalue weighted by atomic mass is 32.1. The summed E-state index contributed by atoms with van der Waals surface area (Å²) in [4.78, 5) is 28.4. The van der Waals surface area contributed by atoms with Crippen LogP contribution in [0.5, 0.6) is 0 Å². The zero-order chi connectivity index (χ0) is 22.4. The van der Waals surface area contributed by atoms with E-state index >= 15 is 0 Å². The molecule has 3 rings (SSSR count). The quantitative estimate of drug-likeness (QED) is 0.460. The van der Waals surface area contributed by atoms with E-state index < -0.39 is 30.1 Å². The van der Waals surface area contributed by atoms with Crippen molar-refractivity contribution in [2.75, 3.05) is 6.54 Å². The van der Waals surface area contributed by atoms with E-state index in [4.69, 9.17) is 10.5 Å². The lowest BCUT2D eigenvalue weighted by Gasteiger charge is -2.13. The number of hydrogen-bond donors (Lipinski definition) is 3. The zero-order valence-electron chi connectivity index (χ0n) is 16.3. The van der Waals surface area contributed by atoms with Gasteiger partial charge in [0, 0.05) is 22.4 Å². The number of carbonyl (C=O) groups is 2. The fraction of sp³-hybridized carbons (Fsp3) is 0.350. The van der Waals surface area contributed by atoms with Crippen molar-refractivity contribution in [2.45, 2.75) is 31.8 Å². The Morgan fingerprint density at radius 2 is 2.03 bits per heavy atom. The van der Waals surface area contributed by atoms with Gasteiger partial charge in [-0.3, -0.25) is 4.79 Å². The largest absolute Gasteiger partial charge is 0.443 e. The molecule has 0 radical (unpaired) electrons. The minimum atomic E-state index is -4.32. The molecule has 31 heavy (non-hydrogen) atoms. The predicted octanol–water partition coefficient (Wildman–Crippen LogP) is 2.95. The van der Waals surface area contributed by atoms with Crippen molar-refractivity contribution < 1.29 is 27.5 Å². The molecule has 2 amide bonds. The summed E-state index contributed by atoms with van der Waals surface area (Å²) in [5.74, 6) is -2.04. The van der Waals surface area contributed by atoms with E-state index in [0.29, 0.717) is 10.4 Å². The fourth-order valence-corrected chi connectivity index (χ4v) is 3.82. The van der Waals surface area contributed by atoms with Crippen LogP contribution in [0.2, 0.25) is 0 Å². The number of carbonyl (C=O) groups excluding carboxylic acids is 2. The van der Waals surface area contributed by atoms with Gasteiger partial charge in [-0.25, -0.2) is 4.79 Å². The minimum absolute atomic E-state index is 0.0302. The summed E-state index contributed by atoms with van der Waals surface area (Å²) in [5, 5.41) is 6.88. The number of nitrogens with one attached hydrogen (secondary N) is 2. The molecule has 2 atom stereocenters. The maximum absolute atomic E-state index is 12.7. The third-order valence-corrected chi connectivity index (χ3v) is 5.65. The lowest BCUT2D eigenvalue weighted by atomic mass is 10.1. The first-order valence-electron chi connectivity index (χ1n) is 9.43. The first-order valence-corrected chi connectivity index (χ1v) is 10.3. The Bertz CT molecular complexity index is 947. The molecule has 0 aliphatic carbocycles. The Morgan fingerprint density at radius 1 is 1.29 bits per heavy atom. The van der Waals surface area contributed by atoms with Gasteiger partial charge < -0.3 is 21.1 Å². The number of hydrogen-bond acceptors (Lipinski definition) is 5. The van der Waals surface area contributed by atoms with Gasteiger partial charge in [-0.1, -0.05) is 30.3 Å². The Balaban J connectivity index is 1.47. The Kier molecular flexibility index (Phi) is 7.29. The summed E-state index contributed by atoms with van der Waals surface area (Å²) in [5.41, 5.74) is 7.15. The number of halogens is 3. The molecule has 0 unspecified atom stereocenters. The summed E-state index contributed by atoms with van der Waals surface area (Å²) in [6, 6.07) is 9.88. The summed E-state index contributed by atoms with van der Waals surface area (Å²) < 4.78 is 43.2. The molecule has 1 aromatic carbocycles. The van der Waals surface area contributed by atoms with Gasteiger partial charge in [0.25, 0.3) is 0 Å². The highest BCUT2D eigenvalue weighted by Crippen LogP contribution is 2.32. The molecule has 4 N–H and O–H groups in total. The van der Waals surface area contributed by atoms with Crippen molar-refractivity contribution in [3.8, 4) is 0 Å². The van der Waals surface area contributed by atoms with Crippen LogP contribution in [0.3, 0.4) is 0 Å². The molecule has 1 saturated heterocycles. The monoisotopic (exact) mass is 454 g/mol. The molecule has 1 fully saturated rings. The van der Waals surface area contributed by atoms with Gasteiger partial charge >= 0.3 is 12.3 Å². The summed E-state index contributed by atoms with van der Waals surface area (Å²) in [7, 11) is 0. The summed E-state index contributed by atoms with van der Waals surface area (Å²) in [6.07, 6.45) is -5.42. The molecule has 1 aliphatic heterocycles. The van der Waals surface area contributed by atoms with Crippen molar-refractivity contribution >= 4 is 29.2 Å².